The lowest BCUT2D eigenvalue weighted by atomic mass is 10.2. The molecule has 0 saturated carbocycles. The van der Waals surface area contributed by atoms with Crippen molar-refractivity contribution in [3.05, 3.63) is 62.0 Å². The maximum absolute atomic E-state index is 10.6. The molecule has 0 spiro atoms. The Morgan fingerprint density at radius 1 is 1.11 bits per heavy atom. The van der Waals surface area contributed by atoms with Crippen molar-refractivity contribution in [3.63, 3.8) is 0 Å². The van der Waals surface area contributed by atoms with E-state index >= 15 is 0 Å². The molecule has 2 aromatic carbocycles. The molecule has 0 fully saturated rings. The van der Waals surface area contributed by atoms with Gasteiger partial charge in [-0.05, 0) is 51.8 Å². The Morgan fingerprint density at radius 3 is 2.53 bits per heavy atom. The third kappa shape index (κ3) is 3.72. The summed E-state index contributed by atoms with van der Waals surface area (Å²) < 4.78 is 6.39. The normalized spacial score (nSPS) is 10.3. The minimum atomic E-state index is 0.371. The number of benzene rings is 2. The van der Waals surface area contributed by atoms with Gasteiger partial charge in [-0.2, -0.15) is 0 Å². The fraction of sp³-hybridized carbons (Fsp3) is 0.0714. The number of ether oxygens (including phenoxy) is 1. The highest BCUT2D eigenvalue weighted by Gasteiger charge is 2.04. The molecule has 2 nitrogen and oxygen atoms in total. The van der Waals surface area contributed by atoms with Crippen molar-refractivity contribution in [2.24, 2.45) is 0 Å². The van der Waals surface area contributed by atoms with Gasteiger partial charge in [0.05, 0.1) is 14.5 Å². The molecular weight excluding hydrogens is 351 g/mol. The third-order valence-electron chi connectivity index (χ3n) is 2.47. The lowest BCUT2D eigenvalue weighted by molar-refractivity contribution is 0.112. The average molecular weight is 360 g/mol. The van der Waals surface area contributed by atoms with Gasteiger partial charge in [0, 0.05) is 5.56 Å². The van der Waals surface area contributed by atoms with Crippen LogP contribution in [0.3, 0.4) is 0 Å². The molecule has 0 aliphatic carbocycles. The van der Waals surface area contributed by atoms with E-state index in [0.717, 1.165) is 16.3 Å². The summed E-state index contributed by atoms with van der Waals surface area (Å²) in [5, 5.41) is 1.01. The van der Waals surface area contributed by atoms with Gasteiger partial charge < -0.3 is 4.74 Å². The second-order valence-electron chi connectivity index (χ2n) is 3.84. The van der Waals surface area contributed by atoms with Crippen molar-refractivity contribution < 1.29 is 9.53 Å². The molecule has 0 aliphatic heterocycles. The number of carbonyl (C=O) groups excluding carboxylic acids is 1. The molecular formula is C14H9BrCl2O2. The van der Waals surface area contributed by atoms with Crippen LogP contribution in [0, 0.1) is 0 Å². The Balaban J connectivity index is 2.09. The number of rotatable bonds is 4. The fourth-order valence-corrected chi connectivity index (χ4v) is 2.33. The second kappa shape index (κ2) is 6.42. The van der Waals surface area contributed by atoms with Gasteiger partial charge in [0.1, 0.15) is 18.6 Å². The Morgan fingerprint density at radius 2 is 1.89 bits per heavy atom. The number of halogens is 3. The van der Waals surface area contributed by atoms with E-state index in [4.69, 9.17) is 27.9 Å². The predicted octanol–water partition coefficient (Wildman–Crippen LogP) is 5.15. The topological polar surface area (TPSA) is 26.3 Å². The van der Waals surface area contributed by atoms with Crippen molar-refractivity contribution in [1.29, 1.82) is 0 Å². The molecule has 0 heterocycles. The predicted molar refractivity (Wildman–Crippen MR) is 80.3 cm³/mol. The first kappa shape index (κ1) is 14.4. The quantitative estimate of drug-likeness (QED) is 0.706. The Bertz CT molecular complexity index is 614. The highest BCUT2D eigenvalue weighted by Crippen LogP contribution is 2.27. The lowest BCUT2D eigenvalue weighted by Crippen LogP contribution is -1.96. The van der Waals surface area contributed by atoms with E-state index < -0.39 is 0 Å². The van der Waals surface area contributed by atoms with Crippen LogP contribution >= 0.6 is 39.1 Å². The molecule has 0 amide bonds. The van der Waals surface area contributed by atoms with Crippen LogP contribution in [0.5, 0.6) is 5.75 Å². The maximum atomic E-state index is 10.6. The summed E-state index contributed by atoms with van der Waals surface area (Å²) in [6.45, 7) is 0.371. The summed E-state index contributed by atoms with van der Waals surface area (Å²) in [6.07, 6.45) is 0.785. The molecule has 0 aliphatic rings. The van der Waals surface area contributed by atoms with E-state index in [0.29, 0.717) is 28.0 Å². The zero-order valence-corrected chi connectivity index (χ0v) is 12.8. The van der Waals surface area contributed by atoms with Crippen molar-refractivity contribution in [2.45, 2.75) is 6.61 Å². The van der Waals surface area contributed by atoms with E-state index in [-0.39, 0.29) is 0 Å². The summed E-state index contributed by atoms with van der Waals surface area (Å²) in [4.78, 5) is 10.6. The first-order valence-electron chi connectivity index (χ1n) is 5.41. The van der Waals surface area contributed by atoms with Crippen LogP contribution in [-0.2, 0) is 6.61 Å². The van der Waals surface area contributed by atoms with Crippen molar-refractivity contribution in [1.82, 2.24) is 0 Å². The van der Waals surface area contributed by atoms with Gasteiger partial charge in [-0.1, -0.05) is 29.3 Å². The van der Waals surface area contributed by atoms with Crippen LogP contribution in [-0.4, -0.2) is 6.29 Å². The highest BCUT2D eigenvalue weighted by molar-refractivity contribution is 9.10. The first-order chi connectivity index (χ1) is 9.10. The van der Waals surface area contributed by atoms with Crippen LogP contribution < -0.4 is 4.74 Å². The smallest absolute Gasteiger partial charge is 0.150 e. The van der Waals surface area contributed by atoms with Gasteiger partial charge in [-0.15, -0.1) is 0 Å². The largest absolute Gasteiger partial charge is 0.488 e. The van der Waals surface area contributed by atoms with Crippen LogP contribution in [0.25, 0.3) is 0 Å². The Labute approximate surface area is 129 Å². The first-order valence-corrected chi connectivity index (χ1v) is 6.96. The second-order valence-corrected chi connectivity index (χ2v) is 5.51. The zero-order chi connectivity index (χ0) is 13.8. The van der Waals surface area contributed by atoms with E-state index in [1.165, 1.54) is 0 Å². The SMILES string of the molecule is O=Cc1ccc(OCc2ccc(Cl)c(Cl)c2)c(Br)c1. The number of hydrogen-bond donors (Lipinski definition) is 0. The van der Waals surface area contributed by atoms with Crippen molar-refractivity contribution >= 4 is 45.4 Å². The van der Waals surface area contributed by atoms with Gasteiger partial charge in [-0.3, -0.25) is 4.79 Å². The van der Waals surface area contributed by atoms with Crippen LogP contribution in [0.1, 0.15) is 15.9 Å². The number of carbonyl (C=O) groups is 1. The van der Waals surface area contributed by atoms with E-state index in [9.17, 15) is 4.79 Å². The molecule has 0 radical (unpaired) electrons. The molecule has 98 valence electrons. The van der Waals surface area contributed by atoms with Crippen LogP contribution in [0.15, 0.2) is 40.9 Å². The van der Waals surface area contributed by atoms with E-state index in [1.807, 2.05) is 6.07 Å². The van der Waals surface area contributed by atoms with E-state index in [1.54, 1.807) is 30.3 Å². The molecule has 0 aromatic heterocycles. The summed E-state index contributed by atoms with van der Waals surface area (Å²) in [5.74, 6) is 0.664. The number of aldehydes is 1. The molecule has 0 N–H and O–H groups in total. The number of hydrogen-bond acceptors (Lipinski definition) is 2. The fourth-order valence-electron chi connectivity index (χ4n) is 1.50. The summed E-state index contributed by atoms with van der Waals surface area (Å²) in [5.41, 5.74) is 1.51. The summed E-state index contributed by atoms with van der Waals surface area (Å²) in [6, 6.07) is 10.5. The molecule has 0 bridgehead atoms. The summed E-state index contributed by atoms with van der Waals surface area (Å²) >= 11 is 15.1. The molecule has 2 rings (SSSR count). The van der Waals surface area contributed by atoms with Crippen LogP contribution in [0.4, 0.5) is 0 Å². The molecule has 2 aromatic rings. The van der Waals surface area contributed by atoms with Gasteiger partial charge >= 0.3 is 0 Å². The third-order valence-corrected chi connectivity index (χ3v) is 3.83. The van der Waals surface area contributed by atoms with Crippen molar-refractivity contribution in [2.75, 3.05) is 0 Å². The zero-order valence-electron chi connectivity index (χ0n) is 9.70. The van der Waals surface area contributed by atoms with Gasteiger partial charge in [-0.25, -0.2) is 0 Å². The monoisotopic (exact) mass is 358 g/mol. The minimum absolute atomic E-state index is 0.371. The average Bonchev–Trinajstić information content (AvgIpc) is 2.41. The highest BCUT2D eigenvalue weighted by atomic mass is 79.9. The minimum Gasteiger partial charge on any atom is -0.488 e. The molecule has 0 saturated heterocycles. The Hall–Kier alpha value is -1.03. The maximum Gasteiger partial charge on any atom is 0.150 e. The standard InChI is InChI=1S/C14H9BrCl2O2/c15-11-5-9(7-18)2-4-14(11)19-8-10-1-3-12(16)13(17)6-10/h1-7H,8H2. The van der Waals surface area contributed by atoms with Gasteiger partial charge in [0.15, 0.2) is 0 Å². The van der Waals surface area contributed by atoms with E-state index in [2.05, 4.69) is 15.9 Å². The molecule has 5 heteroatoms. The summed E-state index contributed by atoms with van der Waals surface area (Å²) in [7, 11) is 0. The molecule has 19 heavy (non-hydrogen) atoms. The van der Waals surface area contributed by atoms with Gasteiger partial charge in [0.25, 0.3) is 0 Å². The van der Waals surface area contributed by atoms with Gasteiger partial charge in [0.2, 0.25) is 0 Å². The lowest BCUT2D eigenvalue weighted by Gasteiger charge is -2.09. The molecule has 0 unspecified atom stereocenters. The van der Waals surface area contributed by atoms with Crippen LogP contribution in [0.2, 0.25) is 10.0 Å². The van der Waals surface area contributed by atoms with Crippen molar-refractivity contribution in [3.8, 4) is 5.75 Å². The molecule has 0 atom stereocenters. The Kier molecular flexibility index (Phi) is 4.86.